The number of aromatic carboxylic acids is 1. The van der Waals surface area contributed by atoms with Gasteiger partial charge in [-0.1, -0.05) is 71.2 Å². The minimum absolute atomic E-state index is 0.108. The van der Waals surface area contributed by atoms with Crippen molar-refractivity contribution in [2.24, 2.45) is 17.6 Å². The van der Waals surface area contributed by atoms with Crippen LogP contribution in [0.1, 0.15) is 67.3 Å². The van der Waals surface area contributed by atoms with Crippen LogP contribution < -0.4 is 16.4 Å². The summed E-state index contributed by atoms with van der Waals surface area (Å²) >= 11 is 3.36. The molecule has 0 unspecified atom stereocenters. The maximum atomic E-state index is 13.2. The van der Waals surface area contributed by atoms with Gasteiger partial charge in [-0.25, -0.2) is 4.79 Å². The highest BCUT2D eigenvalue weighted by Crippen LogP contribution is 2.28. The van der Waals surface area contributed by atoms with Crippen LogP contribution in [0.15, 0.2) is 71.2 Å². The van der Waals surface area contributed by atoms with Gasteiger partial charge in [0.25, 0.3) is 0 Å². The number of rotatable bonds is 10. The lowest BCUT2D eigenvalue weighted by Gasteiger charge is -2.35. The number of piperidine rings is 1. The molecule has 2 aliphatic heterocycles. The summed E-state index contributed by atoms with van der Waals surface area (Å²) in [5.74, 6) is 0.0532. The van der Waals surface area contributed by atoms with E-state index in [4.69, 9.17) is 15.6 Å². The Morgan fingerprint density at radius 3 is 2.27 bits per heavy atom. The lowest BCUT2D eigenvalue weighted by atomic mass is 9.93. The fourth-order valence-electron chi connectivity index (χ4n) is 6.98. The highest BCUT2D eigenvalue weighted by atomic mass is 79.9. The Labute approximate surface area is 292 Å². The molecule has 0 spiro atoms. The molecule has 0 bridgehead atoms. The first-order valence-electron chi connectivity index (χ1n) is 17.3. The zero-order chi connectivity index (χ0) is 33.9. The summed E-state index contributed by atoms with van der Waals surface area (Å²) in [4.78, 5) is 39.4. The maximum absolute atomic E-state index is 13.2. The molecule has 0 radical (unpaired) electrons. The van der Waals surface area contributed by atoms with E-state index >= 15 is 0 Å². The molecule has 9 nitrogen and oxygen atoms in total. The zero-order valence-electron chi connectivity index (χ0n) is 27.7. The topological polar surface area (TPSA) is 134 Å². The molecule has 1 aliphatic carbocycles. The van der Waals surface area contributed by atoms with Gasteiger partial charge in [-0.3, -0.25) is 9.59 Å². The van der Waals surface area contributed by atoms with Crippen LogP contribution in [-0.2, 0) is 20.7 Å². The number of nitrogens with zero attached hydrogens (tertiary/aromatic N) is 1. The number of carboxylic acid groups (broad SMARTS) is 1. The Balaban J connectivity index is 0.000000267. The number of carboxylic acids is 1. The second kappa shape index (κ2) is 17.4. The molecule has 6 rings (SSSR count). The number of hydrogen-bond acceptors (Lipinski definition) is 6. The number of nitrogens with two attached hydrogens (primary N) is 1. The van der Waals surface area contributed by atoms with E-state index in [-0.39, 0.29) is 11.8 Å². The van der Waals surface area contributed by atoms with Crippen molar-refractivity contribution in [3.63, 3.8) is 0 Å². The van der Waals surface area contributed by atoms with Crippen LogP contribution >= 0.6 is 15.9 Å². The van der Waals surface area contributed by atoms with Crippen LogP contribution in [0.5, 0.6) is 0 Å². The first kappa shape index (κ1) is 36.0. The van der Waals surface area contributed by atoms with Crippen LogP contribution in [-0.4, -0.2) is 78.8 Å². The summed E-state index contributed by atoms with van der Waals surface area (Å²) in [6.45, 7) is 5.83. The Kier molecular flexibility index (Phi) is 13.0. The third kappa shape index (κ3) is 10.3. The monoisotopic (exact) mass is 720 g/mol. The highest BCUT2D eigenvalue weighted by Gasteiger charge is 2.39. The van der Waals surface area contributed by atoms with Gasteiger partial charge >= 0.3 is 5.97 Å². The molecule has 0 aromatic heterocycles. The highest BCUT2D eigenvalue weighted by molar-refractivity contribution is 9.10. The molecule has 3 fully saturated rings. The third-order valence-electron chi connectivity index (χ3n) is 10.0. The van der Waals surface area contributed by atoms with Crippen LogP contribution in [0.2, 0.25) is 0 Å². The fourth-order valence-corrected chi connectivity index (χ4v) is 7.36. The average Bonchev–Trinajstić information content (AvgIpc) is 3.56. The molecule has 2 amide bonds. The summed E-state index contributed by atoms with van der Waals surface area (Å²) in [6.07, 6.45) is 8.33. The van der Waals surface area contributed by atoms with Crippen molar-refractivity contribution < 1.29 is 24.2 Å². The van der Waals surface area contributed by atoms with Gasteiger partial charge in [0.15, 0.2) is 0 Å². The molecule has 10 heteroatoms. The van der Waals surface area contributed by atoms with E-state index in [0.717, 1.165) is 78.7 Å². The second-order valence-electron chi connectivity index (χ2n) is 13.6. The smallest absolute Gasteiger partial charge is 0.335 e. The largest absolute Gasteiger partial charge is 0.478 e. The lowest BCUT2D eigenvalue weighted by molar-refractivity contribution is -0.132. The van der Waals surface area contributed by atoms with Crippen molar-refractivity contribution >= 4 is 44.5 Å². The summed E-state index contributed by atoms with van der Waals surface area (Å²) in [7, 11) is 0. The molecule has 2 saturated heterocycles. The lowest BCUT2D eigenvalue weighted by Crippen LogP contribution is -2.58. The molecular formula is C38H49BrN4O5. The molecule has 258 valence electrons. The van der Waals surface area contributed by atoms with E-state index in [2.05, 4.69) is 31.5 Å². The standard InChI is InChI=1S/C27H42N4O3.C11H7BrO2/c28-27(12-4-5-13-27)26(33)30-24(18-21-6-2-1-3-7-21)25(32)29-19-22-8-14-31(15-9-22)20-23-10-16-34-17-11-23;12-10-4-3-7-5-9(11(13)14)2-1-8(7)6-10/h1-3,6-7,22-24H,4-5,8-20,28H2,(H,29,32)(H,30,33);1-6H,(H,13,14)/t24-;/m1./s1. The number of ether oxygens (including phenoxy) is 1. The normalized spacial score (nSPS) is 19.2. The number of carbonyl (C=O) groups is 3. The van der Waals surface area contributed by atoms with Crippen molar-refractivity contribution in [3.8, 4) is 0 Å². The van der Waals surface area contributed by atoms with E-state index in [9.17, 15) is 14.4 Å². The SMILES string of the molecule is NC1(C(=O)N[C@H](Cc2ccccc2)C(=O)NCC2CCN(CC3CCOCC3)CC2)CCCC1.O=C(O)c1ccc2cc(Br)ccc2c1. The van der Waals surface area contributed by atoms with Gasteiger partial charge in [0.2, 0.25) is 11.8 Å². The third-order valence-corrected chi connectivity index (χ3v) is 10.5. The summed E-state index contributed by atoms with van der Waals surface area (Å²) in [5.41, 5.74) is 6.87. The first-order chi connectivity index (χ1) is 23.2. The minimum Gasteiger partial charge on any atom is -0.478 e. The van der Waals surface area contributed by atoms with Gasteiger partial charge in [-0.15, -0.1) is 0 Å². The number of hydrogen-bond donors (Lipinski definition) is 4. The van der Waals surface area contributed by atoms with Gasteiger partial charge in [0.05, 0.1) is 11.1 Å². The van der Waals surface area contributed by atoms with Gasteiger partial charge in [-0.05, 0) is 104 Å². The van der Waals surface area contributed by atoms with Crippen molar-refractivity contribution in [2.75, 3.05) is 39.4 Å². The second-order valence-corrected chi connectivity index (χ2v) is 14.6. The zero-order valence-corrected chi connectivity index (χ0v) is 29.3. The van der Waals surface area contributed by atoms with Crippen LogP contribution in [0, 0.1) is 11.8 Å². The number of amides is 2. The molecule has 2 heterocycles. The molecule has 3 aromatic carbocycles. The van der Waals surface area contributed by atoms with Crippen molar-refractivity contribution in [1.82, 2.24) is 15.5 Å². The quantitative estimate of drug-likeness (QED) is 0.216. The summed E-state index contributed by atoms with van der Waals surface area (Å²) in [6, 6.07) is 20.1. The van der Waals surface area contributed by atoms with Crippen LogP contribution in [0.25, 0.3) is 10.8 Å². The van der Waals surface area contributed by atoms with Gasteiger partial charge in [0, 0.05) is 37.2 Å². The first-order valence-corrected chi connectivity index (χ1v) is 18.1. The Bertz CT molecular complexity index is 1520. The summed E-state index contributed by atoms with van der Waals surface area (Å²) < 4.78 is 6.48. The molecule has 3 aromatic rings. The van der Waals surface area contributed by atoms with E-state index in [1.54, 1.807) is 12.1 Å². The molecular weight excluding hydrogens is 672 g/mol. The molecule has 1 saturated carbocycles. The van der Waals surface area contributed by atoms with E-state index in [1.165, 1.54) is 19.4 Å². The van der Waals surface area contributed by atoms with Crippen LogP contribution in [0.3, 0.4) is 0 Å². The molecule has 5 N–H and O–H groups in total. The minimum atomic E-state index is -0.894. The van der Waals surface area contributed by atoms with Gasteiger partial charge < -0.3 is 31.1 Å². The van der Waals surface area contributed by atoms with Gasteiger partial charge in [0.1, 0.15) is 6.04 Å². The number of benzene rings is 3. The maximum Gasteiger partial charge on any atom is 0.335 e. The van der Waals surface area contributed by atoms with E-state index in [1.807, 2.05) is 54.6 Å². The van der Waals surface area contributed by atoms with Crippen molar-refractivity contribution in [1.29, 1.82) is 0 Å². The predicted octanol–water partition coefficient (Wildman–Crippen LogP) is 5.54. The molecule has 48 heavy (non-hydrogen) atoms. The average molecular weight is 722 g/mol. The molecule has 3 aliphatic rings. The Morgan fingerprint density at radius 1 is 0.917 bits per heavy atom. The number of likely N-dealkylation sites (tertiary alicyclic amines) is 1. The van der Waals surface area contributed by atoms with Gasteiger partial charge in [-0.2, -0.15) is 0 Å². The van der Waals surface area contributed by atoms with E-state index in [0.29, 0.717) is 37.3 Å². The Hall–Kier alpha value is -3.31. The molecule has 1 atom stereocenters. The number of carbonyl (C=O) groups excluding carboxylic acids is 2. The Morgan fingerprint density at radius 2 is 1.58 bits per heavy atom. The predicted molar refractivity (Wildman–Crippen MR) is 192 cm³/mol. The summed E-state index contributed by atoms with van der Waals surface area (Å²) in [5, 5.41) is 16.9. The van der Waals surface area contributed by atoms with Crippen LogP contribution in [0.4, 0.5) is 0 Å². The van der Waals surface area contributed by atoms with Crippen molar-refractivity contribution in [3.05, 3.63) is 82.3 Å². The number of nitrogens with one attached hydrogen (secondary N) is 2. The van der Waals surface area contributed by atoms with Crippen molar-refractivity contribution in [2.45, 2.75) is 69.4 Å². The fraction of sp³-hybridized carbons (Fsp3) is 0.500. The number of fused-ring (bicyclic) bond motifs is 1. The van der Waals surface area contributed by atoms with E-state index < -0.39 is 17.6 Å². The number of halogens is 1.